The van der Waals surface area contributed by atoms with Crippen molar-refractivity contribution in [3.05, 3.63) is 49.4 Å². The molecule has 4 heterocycles. The number of fused-ring (bicyclic) bond motifs is 1. The Balaban J connectivity index is 0.00000210. The zero-order chi connectivity index (χ0) is 17.9. The number of imidazole rings is 1. The molecular formula is C18H19ClN6O2. The molecule has 9 heteroatoms. The fourth-order valence-corrected chi connectivity index (χ4v) is 2.73. The summed E-state index contributed by atoms with van der Waals surface area (Å²) >= 11 is 0. The Kier molecular flexibility index (Phi) is 5.68. The summed E-state index contributed by atoms with van der Waals surface area (Å²) in [5, 5.41) is 3.34. The van der Waals surface area contributed by atoms with Crippen molar-refractivity contribution >= 4 is 29.3 Å². The van der Waals surface area contributed by atoms with E-state index in [1.54, 1.807) is 38.4 Å². The molecule has 8 nitrogen and oxygen atoms in total. The van der Waals surface area contributed by atoms with Crippen molar-refractivity contribution in [2.45, 2.75) is 13.0 Å². The number of nitrogens with one attached hydrogen (secondary N) is 1. The van der Waals surface area contributed by atoms with Gasteiger partial charge >= 0.3 is 0 Å². The third-order valence-corrected chi connectivity index (χ3v) is 3.91. The van der Waals surface area contributed by atoms with Crippen LogP contribution in [0.3, 0.4) is 0 Å². The van der Waals surface area contributed by atoms with Gasteiger partial charge in [0.25, 0.3) is 0 Å². The van der Waals surface area contributed by atoms with Crippen LogP contribution in [0.4, 0.5) is 5.82 Å². The molecule has 0 bridgehead atoms. The number of anilines is 1. The van der Waals surface area contributed by atoms with Gasteiger partial charge in [0.05, 0.1) is 42.1 Å². The van der Waals surface area contributed by atoms with Gasteiger partial charge in [0.1, 0.15) is 12.1 Å². The lowest BCUT2D eigenvalue weighted by atomic mass is 10.2. The molecule has 0 saturated heterocycles. The highest BCUT2D eigenvalue weighted by Gasteiger charge is 2.13. The van der Waals surface area contributed by atoms with Crippen molar-refractivity contribution in [3.63, 3.8) is 0 Å². The molecule has 0 aliphatic rings. The molecule has 1 N–H and O–H groups in total. The van der Waals surface area contributed by atoms with Crippen LogP contribution < -0.4 is 5.32 Å². The molecule has 27 heavy (non-hydrogen) atoms. The van der Waals surface area contributed by atoms with Gasteiger partial charge in [-0.1, -0.05) is 0 Å². The van der Waals surface area contributed by atoms with Crippen LogP contribution in [-0.2, 0) is 4.74 Å². The molecule has 4 aromatic rings. The van der Waals surface area contributed by atoms with E-state index in [2.05, 4.69) is 25.3 Å². The first-order chi connectivity index (χ1) is 12.7. The molecule has 0 aliphatic heterocycles. The van der Waals surface area contributed by atoms with Gasteiger partial charge in [0.15, 0.2) is 0 Å². The number of methoxy groups -OCH3 is 1. The zero-order valence-corrected chi connectivity index (χ0v) is 15.7. The van der Waals surface area contributed by atoms with Crippen LogP contribution in [0.2, 0.25) is 0 Å². The van der Waals surface area contributed by atoms with Crippen LogP contribution in [0.15, 0.2) is 53.9 Å². The molecule has 0 fully saturated rings. The van der Waals surface area contributed by atoms with E-state index in [-0.39, 0.29) is 18.4 Å². The topological polar surface area (TPSA) is 90.9 Å². The van der Waals surface area contributed by atoms with Crippen LogP contribution in [0.1, 0.15) is 6.92 Å². The number of rotatable bonds is 6. The van der Waals surface area contributed by atoms with Gasteiger partial charge in [-0.2, -0.15) is 4.98 Å². The standard InChI is InChI=1S/C18H18N6O2.ClH/c1-12(9-25-2)21-17-7-15(13-4-6-26-10-13)22-18(23-17)24-11-20-14-3-5-19-8-16(14)24;/h3-8,10-12H,9H2,1-2H3,(H,21,22,23);1H/t12-;/m0./s1. The summed E-state index contributed by atoms with van der Waals surface area (Å²) in [4.78, 5) is 17.9. The second-order valence-corrected chi connectivity index (χ2v) is 5.93. The Morgan fingerprint density at radius 1 is 1.30 bits per heavy atom. The predicted octanol–water partition coefficient (Wildman–Crippen LogP) is 3.34. The molecule has 1 atom stereocenters. The van der Waals surface area contributed by atoms with Gasteiger partial charge < -0.3 is 14.5 Å². The van der Waals surface area contributed by atoms with E-state index in [9.17, 15) is 0 Å². The number of nitrogens with zero attached hydrogens (tertiary/aromatic N) is 5. The Labute approximate surface area is 162 Å². The maximum atomic E-state index is 5.20. The van der Waals surface area contributed by atoms with E-state index in [0.717, 1.165) is 22.3 Å². The second kappa shape index (κ2) is 8.15. The molecule has 0 amide bonds. The van der Waals surface area contributed by atoms with Crippen molar-refractivity contribution in [2.24, 2.45) is 0 Å². The minimum absolute atomic E-state index is 0. The molecule has 4 rings (SSSR count). The third-order valence-electron chi connectivity index (χ3n) is 3.91. The SMILES string of the molecule is COC[C@H](C)Nc1cc(-c2ccoc2)nc(-n2cnc3ccncc32)n1.Cl. The van der Waals surface area contributed by atoms with E-state index < -0.39 is 0 Å². The average molecular weight is 387 g/mol. The van der Waals surface area contributed by atoms with Gasteiger partial charge in [0.2, 0.25) is 5.95 Å². The molecule has 140 valence electrons. The summed E-state index contributed by atoms with van der Waals surface area (Å²) < 4.78 is 12.2. The normalized spacial score (nSPS) is 11.9. The number of halogens is 1. The fourth-order valence-electron chi connectivity index (χ4n) is 2.73. The van der Waals surface area contributed by atoms with Crippen LogP contribution in [0, 0.1) is 0 Å². The Bertz CT molecular complexity index is 1020. The quantitative estimate of drug-likeness (QED) is 0.543. The summed E-state index contributed by atoms with van der Waals surface area (Å²) in [7, 11) is 1.67. The minimum Gasteiger partial charge on any atom is -0.472 e. The molecule has 0 radical (unpaired) electrons. The first-order valence-corrected chi connectivity index (χ1v) is 8.19. The molecule has 0 unspecified atom stereocenters. The maximum absolute atomic E-state index is 5.20. The highest BCUT2D eigenvalue weighted by atomic mass is 35.5. The van der Waals surface area contributed by atoms with Gasteiger partial charge in [-0.05, 0) is 19.1 Å². The summed E-state index contributed by atoms with van der Waals surface area (Å²) in [6, 6.07) is 5.70. The smallest absolute Gasteiger partial charge is 0.238 e. The summed E-state index contributed by atoms with van der Waals surface area (Å²) in [6.45, 7) is 2.59. The minimum atomic E-state index is 0. The number of pyridine rings is 1. The average Bonchev–Trinajstić information content (AvgIpc) is 3.31. The first-order valence-electron chi connectivity index (χ1n) is 8.19. The molecular weight excluding hydrogens is 368 g/mol. The number of furan rings is 1. The van der Waals surface area contributed by atoms with Crippen LogP contribution >= 0.6 is 12.4 Å². The van der Waals surface area contributed by atoms with E-state index in [1.165, 1.54) is 0 Å². The van der Waals surface area contributed by atoms with Gasteiger partial charge in [-0.15, -0.1) is 12.4 Å². The van der Waals surface area contributed by atoms with Crippen LogP contribution in [0.5, 0.6) is 0 Å². The Morgan fingerprint density at radius 2 is 2.19 bits per heavy atom. The Morgan fingerprint density at radius 3 is 2.96 bits per heavy atom. The monoisotopic (exact) mass is 386 g/mol. The van der Waals surface area contributed by atoms with Gasteiger partial charge in [-0.25, -0.2) is 9.97 Å². The van der Waals surface area contributed by atoms with Gasteiger partial charge in [-0.3, -0.25) is 9.55 Å². The molecule has 4 aromatic heterocycles. The lowest BCUT2D eigenvalue weighted by Crippen LogP contribution is -2.22. The number of hydrogen-bond donors (Lipinski definition) is 1. The molecule has 0 aromatic carbocycles. The molecule has 0 spiro atoms. The lowest BCUT2D eigenvalue weighted by Gasteiger charge is -2.15. The van der Waals surface area contributed by atoms with E-state index in [1.807, 2.05) is 29.7 Å². The third kappa shape index (κ3) is 3.91. The Hall–Kier alpha value is -2.97. The maximum Gasteiger partial charge on any atom is 0.238 e. The van der Waals surface area contributed by atoms with Crippen molar-refractivity contribution in [2.75, 3.05) is 19.0 Å². The zero-order valence-electron chi connectivity index (χ0n) is 14.9. The highest BCUT2D eigenvalue weighted by Crippen LogP contribution is 2.23. The van der Waals surface area contributed by atoms with E-state index in [0.29, 0.717) is 18.4 Å². The first kappa shape index (κ1) is 18.8. The highest BCUT2D eigenvalue weighted by molar-refractivity contribution is 5.85. The summed E-state index contributed by atoms with van der Waals surface area (Å²) in [5.74, 6) is 1.20. The number of ether oxygens (including phenoxy) is 1. The predicted molar refractivity (Wildman–Crippen MR) is 104 cm³/mol. The summed E-state index contributed by atoms with van der Waals surface area (Å²) in [5.41, 5.74) is 3.30. The van der Waals surface area contributed by atoms with Crippen molar-refractivity contribution < 1.29 is 9.15 Å². The van der Waals surface area contributed by atoms with Gasteiger partial charge in [0, 0.05) is 31.0 Å². The van der Waals surface area contributed by atoms with E-state index >= 15 is 0 Å². The molecule has 0 saturated carbocycles. The van der Waals surface area contributed by atoms with Crippen LogP contribution in [0.25, 0.3) is 28.2 Å². The van der Waals surface area contributed by atoms with E-state index in [4.69, 9.17) is 9.15 Å². The van der Waals surface area contributed by atoms with Crippen molar-refractivity contribution in [3.8, 4) is 17.2 Å². The largest absolute Gasteiger partial charge is 0.472 e. The number of aromatic nitrogens is 5. The van der Waals surface area contributed by atoms with Crippen LogP contribution in [-0.4, -0.2) is 44.3 Å². The fraction of sp³-hybridized carbons (Fsp3) is 0.222. The molecule has 0 aliphatic carbocycles. The second-order valence-electron chi connectivity index (χ2n) is 5.93. The van der Waals surface area contributed by atoms with Crippen molar-refractivity contribution in [1.29, 1.82) is 0 Å². The number of hydrogen-bond acceptors (Lipinski definition) is 7. The van der Waals surface area contributed by atoms with Crippen molar-refractivity contribution in [1.82, 2.24) is 24.5 Å². The lowest BCUT2D eigenvalue weighted by molar-refractivity contribution is 0.190. The summed E-state index contributed by atoms with van der Waals surface area (Å²) in [6.07, 6.45) is 8.43.